The number of piperidine rings is 1. The molecule has 3 amide bonds. The molecule has 2 N–H and O–H groups in total. The molecular formula is C32H49ClN4O5S. The number of benzene rings is 1. The second-order valence-corrected chi connectivity index (χ2v) is 14.1. The zero-order valence-electron chi connectivity index (χ0n) is 25.8. The van der Waals surface area contributed by atoms with Gasteiger partial charge in [-0.3, -0.25) is 24.2 Å². The van der Waals surface area contributed by atoms with Crippen molar-refractivity contribution in [2.75, 3.05) is 31.1 Å². The summed E-state index contributed by atoms with van der Waals surface area (Å²) in [7, 11) is 0. The molecule has 43 heavy (non-hydrogen) atoms. The summed E-state index contributed by atoms with van der Waals surface area (Å²) in [6.07, 6.45) is 7.16. The highest BCUT2D eigenvalue weighted by atomic mass is 35.5. The average molecular weight is 637 g/mol. The van der Waals surface area contributed by atoms with Crippen LogP contribution in [0.15, 0.2) is 30.3 Å². The lowest BCUT2D eigenvalue weighted by atomic mass is 9.91. The Kier molecular flexibility index (Phi) is 13.6. The first-order valence-corrected chi connectivity index (χ1v) is 16.7. The fourth-order valence-corrected chi connectivity index (χ4v) is 7.25. The molecule has 11 heteroatoms. The quantitative estimate of drug-likeness (QED) is 0.388. The molecule has 2 aliphatic heterocycles. The summed E-state index contributed by atoms with van der Waals surface area (Å²) in [6, 6.07) is 8.71. The van der Waals surface area contributed by atoms with E-state index in [2.05, 4.69) is 39.8 Å². The Labute approximate surface area is 267 Å². The van der Waals surface area contributed by atoms with Crippen molar-refractivity contribution in [1.82, 2.24) is 20.4 Å². The van der Waals surface area contributed by atoms with Crippen LogP contribution in [-0.2, 0) is 25.7 Å². The fourth-order valence-electron chi connectivity index (χ4n) is 5.97. The maximum absolute atomic E-state index is 13.6. The van der Waals surface area contributed by atoms with E-state index in [-0.39, 0.29) is 43.1 Å². The second-order valence-electron chi connectivity index (χ2n) is 13.0. The number of halogens is 1. The van der Waals surface area contributed by atoms with E-state index >= 15 is 0 Å². The monoisotopic (exact) mass is 636 g/mol. The van der Waals surface area contributed by atoms with Crippen molar-refractivity contribution in [3.05, 3.63) is 35.9 Å². The van der Waals surface area contributed by atoms with Gasteiger partial charge in [-0.15, -0.1) is 12.4 Å². The predicted molar refractivity (Wildman–Crippen MR) is 172 cm³/mol. The molecule has 3 fully saturated rings. The maximum Gasteiger partial charge on any atom is 0.411 e. The Morgan fingerprint density at radius 3 is 2.35 bits per heavy atom. The van der Waals surface area contributed by atoms with Gasteiger partial charge in [0.2, 0.25) is 11.8 Å². The Morgan fingerprint density at radius 1 is 1.02 bits per heavy atom. The highest BCUT2D eigenvalue weighted by Gasteiger charge is 2.42. The van der Waals surface area contributed by atoms with Crippen LogP contribution in [0.1, 0.15) is 77.7 Å². The summed E-state index contributed by atoms with van der Waals surface area (Å²) in [6.45, 7) is 7.74. The van der Waals surface area contributed by atoms with Gasteiger partial charge in [-0.1, -0.05) is 49.6 Å². The van der Waals surface area contributed by atoms with Gasteiger partial charge >= 0.3 is 6.09 Å². The van der Waals surface area contributed by atoms with Crippen LogP contribution in [0.25, 0.3) is 0 Å². The van der Waals surface area contributed by atoms with Gasteiger partial charge in [0.1, 0.15) is 17.7 Å². The summed E-state index contributed by atoms with van der Waals surface area (Å²) in [5.74, 6) is 1.18. The summed E-state index contributed by atoms with van der Waals surface area (Å²) < 4.78 is 5.45. The fraction of sp³-hybridized carbons (Fsp3) is 0.688. The van der Waals surface area contributed by atoms with Crippen LogP contribution in [0, 0.1) is 5.92 Å². The van der Waals surface area contributed by atoms with Gasteiger partial charge in [0.15, 0.2) is 5.78 Å². The van der Waals surface area contributed by atoms with Crippen molar-refractivity contribution in [2.24, 2.45) is 5.92 Å². The number of nitrogens with zero attached hydrogens (tertiary/aromatic N) is 2. The third-order valence-electron chi connectivity index (χ3n) is 8.25. The topological polar surface area (TPSA) is 108 Å². The number of Topliss-reactive ketones (excluding diaryl/α,β-unsaturated/α-hetero) is 1. The van der Waals surface area contributed by atoms with Crippen LogP contribution in [0.5, 0.6) is 0 Å². The number of likely N-dealkylation sites (tertiary alicyclic amines) is 2. The van der Waals surface area contributed by atoms with Crippen LogP contribution in [0.4, 0.5) is 4.79 Å². The molecule has 1 saturated carbocycles. The standard InChI is InChI=1S/C32H48N4O5S.ClH/c1-32(2,3)41-31(40)36-20-26(37)18-28(36)30(39)34-27(22-42-21-24-12-8-5-9-13-24)29(38)33-25-14-16-35(17-15-25)19-23-10-6-4-7-11-23;/h4,6-7,10-11,24-25,27-28H,5,8-9,12-22H2,1-3H3,(H,33,38)(H,34,39);1H/t27-,28?;/m0./s1. The number of carbonyl (C=O) groups excluding carboxylic acids is 4. The molecule has 3 aliphatic rings. The minimum absolute atomic E-state index is 0. The van der Waals surface area contributed by atoms with E-state index in [1.54, 1.807) is 32.5 Å². The van der Waals surface area contributed by atoms with Crippen molar-refractivity contribution in [2.45, 2.75) is 102 Å². The van der Waals surface area contributed by atoms with E-state index in [0.717, 1.165) is 38.2 Å². The van der Waals surface area contributed by atoms with E-state index in [4.69, 9.17) is 4.74 Å². The van der Waals surface area contributed by atoms with E-state index in [1.807, 2.05) is 6.07 Å². The van der Waals surface area contributed by atoms with Crippen molar-refractivity contribution >= 4 is 47.9 Å². The minimum Gasteiger partial charge on any atom is -0.444 e. The molecular weight excluding hydrogens is 588 g/mol. The van der Waals surface area contributed by atoms with Crippen LogP contribution in [0.3, 0.4) is 0 Å². The summed E-state index contributed by atoms with van der Waals surface area (Å²) >= 11 is 1.70. The molecule has 2 saturated heterocycles. The lowest BCUT2D eigenvalue weighted by Crippen LogP contribution is -2.56. The van der Waals surface area contributed by atoms with Crippen molar-refractivity contribution < 1.29 is 23.9 Å². The minimum atomic E-state index is -0.979. The number of hydrogen-bond donors (Lipinski definition) is 2. The Bertz CT molecular complexity index is 1070. The van der Waals surface area contributed by atoms with Gasteiger partial charge in [0, 0.05) is 37.8 Å². The normalized spacial score (nSPS) is 21.1. The third kappa shape index (κ3) is 11.3. The second kappa shape index (κ2) is 16.7. The largest absolute Gasteiger partial charge is 0.444 e. The van der Waals surface area contributed by atoms with E-state index < -0.39 is 29.7 Å². The zero-order valence-corrected chi connectivity index (χ0v) is 27.5. The molecule has 1 aromatic carbocycles. The molecule has 1 unspecified atom stereocenters. The molecule has 0 bridgehead atoms. The first-order chi connectivity index (χ1) is 20.1. The van der Waals surface area contributed by atoms with Crippen LogP contribution in [-0.4, -0.2) is 88.4 Å². The third-order valence-corrected chi connectivity index (χ3v) is 9.53. The lowest BCUT2D eigenvalue weighted by Gasteiger charge is -2.33. The van der Waals surface area contributed by atoms with Gasteiger partial charge in [-0.2, -0.15) is 11.8 Å². The smallest absolute Gasteiger partial charge is 0.411 e. The molecule has 240 valence electrons. The summed E-state index contributed by atoms with van der Waals surface area (Å²) in [5, 5.41) is 6.11. The van der Waals surface area contributed by atoms with Gasteiger partial charge in [0.25, 0.3) is 0 Å². The Morgan fingerprint density at radius 2 is 1.70 bits per heavy atom. The number of carbonyl (C=O) groups is 4. The molecule has 4 rings (SSSR count). The molecule has 2 atom stereocenters. The molecule has 9 nitrogen and oxygen atoms in total. The molecule has 0 radical (unpaired) electrons. The highest BCUT2D eigenvalue weighted by Crippen LogP contribution is 2.27. The van der Waals surface area contributed by atoms with Crippen molar-refractivity contribution in [1.29, 1.82) is 0 Å². The van der Waals surface area contributed by atoms with Gasteiger partial charge < -0.3 is 15.4 Å². The molecule has 0 spiro atoms. The Balaban J connectivity index is 0.00000506. The lowest BCUT2D eigenvalue weighted by molar-refractivity contribution is -0.131. The number of ketones is 1. The molecule has 2 heterocycles. The zero-order chi connectivity index (χ0) is 30.1. The first-order valence-electron chi connectivity index (χ1n) is 15.5. The number of hydrogen-bond acceptors (Lipinski definition) is 7. The van der Waals surface area contributed by atoms with Gasteiger partial charge in [0.05, 0.1) is 6.54 Å². The number of amides is 3. The van der Waals surface area contributed by atoms with E-state index in [0.29, 0.717) is 11.7 Å². The number of thioether (sulfide) groups is 1. The molecule has 0 aromatic heterocycles. The SMILES string of the molecule is CC(C)(C)OC(=O)N1CC(=O)CC1C(=O)N[C@@H](CSCC1CCCCC1)C(=O)NC1CCN(Cc2ccccc2)CC1.Cl. The predicted octanol–water partition coefficient (Wildman–Crippen LogP) is 4.57. The molecule has 1 aromatic rings. The van der Waals surface area contributed by atoms with Crippen LogP contribution in [0.2, 0.25) is 0 Å². The maximum atomic E-state index is 13.6. The van der Waals surface area contributed by atoms with E-state index in [9.17, 15) is 19.2 Å². The van der Waals surface area contributed by atoms with Crippen molar-refractivity contribution in [3.63, 3.8) is 0 Å². The van der Waals surface area contributed by atoms with Crippen LogP contribution >= 0.6 is 24.2 Å². The van der Waals surface area contributed by atoms with Crippen LogP contribution < -0.4 is 10.6 Å². The number of ether oxygens (including phenoxy) is 1. The number of nitrogens with one attached hydrogen (secondary N) is 2. The summed E-state index contributed by atoms with van der Waals surface area (Å²) in [4.78, 5) is 55.7. The first kappa shape index (κ1) is 35.2. The van der Waals surface area contributed by atoms with Crippen molar-refractivity contribution in [3.8, 4) is 0 Å². The highest BCUT2D eigenvalue weighted by molar-refractivity contribution is 7.99. The number of rotatable bonds is 10. The van der Waals surface area contributed by atoms with Gasteiger partial charge in [-0.05, 0) is 63.7 Å². The summed E-state index contributed by atoms with van der Waals surface area (Å²) in [5.41, 5.74) is 0.530. The van der Waals surface area contributed by atoms with Gasteiger partial charge in [-0.25, -0.2) is 4.79 Å². The molecule has 1 aliphatic carbocycles. The van der Waals surface area contributed by atoms with E-state index in [1.165, 1.54) is 42.6 Å². The average Bonchev–Trinajstić information content (AvgIpc) is 3.36. The Hall–Kier alpha value is -2.30.